The van der Waals surface area contributed by atoms with Crippen LogP contribution in [0.5, 0.6) is 0 Å². The van der Waals surface area contributed by atoms with Gasteiger partial charge in [-0.15, -0.1) is 0 Å². The number of aliphatic hydroxyl groups is 1. The first-order chi connectivity index (χ1) is 16.6. The maximum atomic E-state index is 13.8. The summed E-state index contributed by atoms with van der Waals surface area (Å²) < 4.78 is 0. The second-order valence-corrected chi connectivity index (χ2v) is 9.18. The van der Waals surface area contributed by atoms with Crippen molar-refractivity contribution in [3.05, 3.63) is 107 Å². The summed E-state index contributed by atoms with van der Waals surface area (Å²) in [7, 11) is 0. The van der Waals surface area contributed by atoms with E-state index in [1.165, 1.54) is 5.56 Å². The molecule has 1 aliphatic heterocycles. The number of hydrogen-bond acceptors (Lipinski definition) is 4. The van der Waals surface area contributed by atoms with Crippen LogP contribution in [0.2, 0.25) is 0 Å². The first-order valence-corrected chi connectivity index (χ1v) is 12.2. The molecule has 0 radical (unpaired) electrons. The van der Waals surface area contributed by atoms with Crippen LogP contribution in [0.3, 0.4) is 0 Å². The molecular weight excluding hydrogens is 422 g/mol. The Morgan fingerprint density at radius 1 is 0.824 bits per heavy atom. The molecule has 0 amide bonds. The molecule has 1 fully saturated rings. The molecule has 1 heterocycles. The quantitative estimate of drug-likeness (QED) is 0.460. The van der Waals surface area contributed by atoms with Gasteiger partial charge in [0.05, 0.1) is 6.61 Å². The Hall–Kier alpha value is -3.08. The molecule has 176 valence electrons. The van der Waals surface area contributed by atoms with Crippen molar-refractivity contribution in [2.24, 2.45) is 11.8 Å². The number of aryl methyl sites for hydroxylation is 1. The van der Waals surface area contributed by atoms with Gasteiger partial charge in [0, 0.05) is 48.5 Å². The number of carbonyl (C=O) groups is 2. The Labute approximate surface area is 202 Å². The molecule has 4 rings (SSSR count). The number of aliphatic hydroxyl groups excluding tert-OH is 1. The van der Waals surface area contributed by atoms with Gasteiger partial charge in [0.1, 0.15) is 0 Å². The molecule has 0 bridgehead atoms. The highest BCUT2D eigenvalue weighted by molar-refractivity contribution is 6.02. The van der Waals surface area contributed by atoms with Crippen LogP contribution in [0.15, 0.2) is 84.9 Å². The normalized spacial score (nSPS) is 20.7. The van der Waals surface area contributed by atoms with Gasteiger partial charge >= 0.3 is 0 Å². The molecule has 0 aromatic heterocycles. The minimum absolute atomic E-state index is 0.00481. The van der Waals surface area contributed by atoms with E-state index in [4.69, 9.17) is 0 Å². The Bertz CT molecular complexity index is 1030. The van der Waals surface area contributed by atoms with Crippen molar-refractivity contribution in [1.29, 1.82) is 0 Å². The summed E-state index contributed by atoms with van der Waals surface area (Å²) in [5, 5.41) is 9.67. The molecule has 0 aliphatic carbocycles. The van der Waals surface area contributed by atoms with Gasteiger partial charge in [-0.2, -0.15) is 0 Å². The number of rotatable bonds is 9. The van der Waals surface area contributed by atoms with Crippen LogP contribution in [0.4, 0.5) is 0 Å². The summed E-state index contributed by atoms with van der Waals surface area (Å²) in [6, 6.07) is 27.2. The monoisotopic (exact) mass is 455 g/mol. The maximum absolute atomic E-state index is 13.8. The fourth-order valence-corrected chi connectivity index (χ4v) is 5.30. The highest BCUT2D eigenvalue weighted by Gasteiger charge is 2.44. The van der Waals surface area contributed by atoms with Gasteiger partial charge in [-0.05, 0) is 17.5 Å². The van der Waals surface area contributed by atoms with Gasteiger partial charge in [-0.25, -0.2) is 0 Å². The second-order valence-electron chi connectivity index (χ2n) is 9.18. The predicted molar refractivity (Wildman–Crippen MR) is 135 cm³/mol. The van der Waals surface area contributed by atoms with Crippen LogP contribution in [0, 0.1) is 11.8 Å². The lowest BCUT2D eigenvalue weighted by Crippen LogP contribution is -2.51. The Morgan fingerprint density at radius 2 is 1.38 bits per heavy atom. The molecule has 1 aliphatic rings. The molecule has 0 saturated carbocycles. The van der Waals surface area contributed by atoms with Gasteiger partial charge in [0.15, 0.2) is 11.6 Å². The van der Waals surface area contributed by atoms with E-state index in [9.17, 15) is 14.7 Å². The van der Waals surface area contributed by atoms with Crippen LogP contribution in [-0.2, 0) is 6.42 Å². The van der Waals surface area contributed by atoms with E-state index in [0.717, 1.165) is 18.4 Å². The largest absolute Gasteiger partial charge is 0.395 e. The average molecular weight is 456 g/mol. The zero-order chi connectivity index (χ0) is 23.9. The van der Waals surface area contributed by atoms with Crippen molar-refractivity contribution in [1.82, 2.24) is 4.90 Å². The van der Waals surface area contributed by atoms with E-state index in [0.29, 0.717) is 30.8 Å². The average Bonchev–Trinajstić information content (AvgIpc) is 2.89. The molecule has 2 atom stereocenters. The summed E-state index contributed by atoms with van der Waals surface area (Å²) >= 11 is 0. The fourth-order valence-electron chi connectivity index (χ4n) is 5.30. The zero-order valence-electron chi connectivity index (χ0n) is 19.8. The van der Waals surface area contributed by atoms with E-state index in [1.54, 1.807) is 0 Å². The Kier molecular flexibility index (Phi) is 8.04. The maximum Gasteiger partial charge on any atom is 0.167 e. The molecule has 3 aromatic rings. The van der Waals surface area contributed by atoms with Crippen molar-refractivity contribution in [3.8, 4) is 0 Å². The number of Topliss-reactive ketones (excluding diaryl/α,β-unsaturated/α-hetero) is 2. The molecule has 1 saturated heterocycles. The second kappa shape index (κ2) is 11.4. The number of β-amino-alcohol motifs (C(OH)–C–C–N with tert-alkyl or cyclic N) is 1. The smallest absolute Gasteiger partial charge is 0.167 e. The number of likely N-dealkylation sites (tertiary alicyclic amines) is 1. The number of carbonyl (C=O) groups excluding carboxylic acids is 2. The molecule has 1 N–H and O–H groups in total. The highest BCUT2D eigenvalue weighted by atomic mass is 16.3. The number of benzene rings is 3. The van der Waals surface area contributed by atoms with E-state index in [1.807, 2.05) is 60.7 Å². The van der Waals surface area contributed by atoms with Crippen molar-refractivity contribution in [2.45, 2.75) is 25.7 Å². The molecule has 0 spiro atoms. The van der Waals surface area contributed by atoms with Crippen LogP contribution in [0.1, 0.15) is 51.1 Å². The van der Waals surface area contributed by atoms with Crippen LogP contribution in [0.25, 0.3) is 0 Å². The number of ketones is 2. The van der Waals surface area contributed by atoms with Crippen LogP contribution in [-0.4, -0.2) is 47.8 Å². The Balaban J connectivity index is 1.81. The van der Waals surface area contributed by atoms with E-state index >= 15 is 0 Å². The lowest BCUT2D eigenvalue weighted by molar-refractivity contribution is 0.0530. The van der Waals surface area contributed by atoms with Gasteiger partial charge in [-0.1, -0.05) is 98.3 Å². The van der Waals surface area contributed by atoms with Crippen LogP contribution >= 0.6 is 0 Å². The van der Waals surface area contributed by atoms with Crippen LogP contribution < -0.4 is 0 Å². The molecular formula is C30H33NO3. The minimum Gasteiger partial charge on any atom is -0.395 e. The lowest BCUT2D eigenvalue weighted by Gasteiger charge is -2.43. The number of hydrogen-bond donors (Lipinski definition) is 1. The SMILES string of the molecule is CCCc1cccc(C2C(C(=O)c3ccccc3)CN(CCO)CC2C(=O)c2ccccc2)c1. The molecule has 4 nitrogen and oxygen atoms in total. The lowest BCUT2D eigenvalue weighted by atomic mass is 9.68. The standard InChI is InChI=1S/C30H33NO3/c1-2-10-22-11-9-16-25(19-22)28-26(29(33)23-12-5-3-6-13-23)20-31(17-18-32)21-27(28)30(34)24-14-7-4-8-15-24/h3-9,11-16,19,26-28,32H,2,10,17-18,20-21H2,1H3. The van der Waals surface area contributed by atoms with E-state index in [-0.39, 0.29) is 35.9 Å². The molecule has 4 heteroatoms. The molecule has 2 unspecified atom stereocenters. The minimum atomic E-state index is -0.378. The van der Waals surface area contributed by atoms with Gasteiger partial charge < -0.3 is 5.11 Å². The summed E-state index contributed by atoms with van der Waals surface area (Å²) in [6.07, 6.45) is 2.00. The van der Waals surface area contributed by atoms with Crippen molar-refractivity contribution in [2.75, 3.05) is 26.2 Å². The van der Waals surface area contributed by atoms with Crippen molar-refractivity contribution in [3.63, 3.8) is 0 Å². The zero-order valence-corrected chi connectivity index (χ0v) is 19.8. The molecule has 3 aromatic carbocycles. The number of piperidine rings is 1. The van der Waals surface area contributed by atoms with Crippen molar-refractivity contribution >= 4 is 11.6 Å². The third-order valence-electron chi connectivity index (χ3n) is 6.86. The Morgan fingerprint density at radius 3 is 1.88 bits per heavy atom. The third-order valence-corrected chi connectivity index (χ3v) is 6.86. The van der Waals surface area contributed by atoms with Crippen molar-refractivity contribution < 1.29 is 14.7 Å². The number of nitrogens with zero attached hydrogens (tertiary/aromatic N) is 1. The fraction of sp³-hybridized carbons (Fsp3) is 0.333. The first kappa shape index (κ1) is 24.1. The summed E-state index contributed by atoms with van der Waals surface area (Å²) in [5.41, 5.74) is 3.62. The van der Waals surface area contributed by atoms with E-state index in [2.05, 4.69) is 36.1 Å². The molecule has 34 heavy (non-hydrogen) atoms. The van der Waals surface area contributed by atoms with Gasteiger partial charge in [0.2, 0.25) is 0 Å². The highest BCUT2D eigenvalue weighted by Crippen LogP contribution is 2.41. The van der Waals surface area contributed by atoms with Gasteiger partial charge in [-0.3, -0.25) is 14.5 Å². The summed E-state index contributed by atoms with van der Waals surface area (Å²) in [6.45, 7) is 3.64. The van der Waals surface area contributed by atoms with E-state index < -0.39 is 0 Å². The summed E-state index contributed by atoms with van der Waals surface area (Å²) in [5.74, 6) is -0.873. The topological polar surface area (TPSA) is 57.6 Å². The summed E-state index contributed by atoms with van der Waals surface area (Å²) in [4.78, 5) is 29.8. The van der Waals surface area contributed by atoms with Gasteiger partial charge in [0.25, 0.3) is 0 Å². The first-order valence-electron chi connectivity index (χ1n) is 12.2. The third kappa shape index (κ3) is 5.35. The predicted octanol–water partition coefficient (Wildman–Crippen LogP) is 5.03.